The molecule has 112 valence electrons. The second kappa shape index (κ2) is 6.30. The van der Waals surface area contributed by atoms with E-state index in [2.05, 4.69) is 61.7 Å². The fourth-order valence-corrected chi connectivity index (χ4v) is 3.59. The van der Waals surface area contributed by atoms with E-state index in [9.17, 15) is 0 Å². The standard InChI is InChI=1S/C16H21BrN4/c1-2-14(18)16(12-5-3-4-6-13(12)17)21-10-9-20-8-7-19-15(20)11-21/h3-8,14,16H,2,9-11,18H2,1H3. The second-order valence-corrected chi connectivity index (χ2v) is 6.40. The minimum absolute atomic E-state index is 0.116. The molecule has 2 N–H and O–H groups in total. The predicted octanol–water partition coefficient (Wildman–Crippen LogP) is 2.94. The molecular formula is C16H21BrN4. The van der Waals surface area contributed by atoms with Crippen molar-refractivity contribution in [3.8, 4) is 0 Å². The van der Waals surface area contributed by atoms with E-state index in [0.29, 0.717) is 0 Å². The molecule has 0 radical (unpaired) electrons. The Kier molecular flexibility index (Phi) is 4.42. The Bertz CT molecular complexity index is 610. The molecule has 0 aliphatic carbocycles. The fraction of sp³-hybridized carbons (Fsp3) is 0.438. The molecule has 1 aliphatic heterocycles. The van der Waals surface area contributed by atoms with Crippen LogP contribution in [0.1, 0.15) is 30.8 Å². The van der Waals surface area contributed by atoms with Gasteiger partial charge in [0.05, 0.1) is 12.6 Å². The summed E-state index contributed by atoms with van der Waals surface area (Å²) in [5.74, 6) is 1.13. The molecule has 0 fully saturated rings. The summed E-state index contributed by atoms with van der Waals surface area (Å²) in [4.78, 5) is 6.91. The minimum atomic E-state index is 0.116. The lowest BCUT2D eigenvalue weighted by molar-refractivity contribution is 0.130. The van der Waals surface area contributed by atoms with Crippen LogP contribution in [0.2, 0.25) is 0 Å². The van der Waals surface area contributed by atoms with Crippen LogP contribution >= 0.6 is 15.9 Å². The topological polar surface area (TPSA) is 47.1 Å². The molecule has 1 aliphatic rings. The average molecular weight is 349 g/mol. The van der Waals surface area contributed by atoms with Gasteiger partial charge in [-0.3, -0.25) is 4.90 Å². The van der Waals surface area contributed by atoms with E-state index >= 15 is 0 Å². The van der Waals surface area contributed by atoms with Gasteiger partial charge in [0.25, 0.3) is 0 Å². The van der Waals surface area contributed by atoms with E-state index in [-0.39, 0.29) is 12.1 Å². The average Bonchev–Trinajstić information content (AvgIpc) is 2.97. The molecule has 0 saturated carbocycles. The Morgan fingerprint density at radius 1 is 1.33 bits per heavy atom. The Hall–Kier alpha value is -1.17. The maximum absolute atomic E-state index is 6.45. The number of rotatable bonds is 4. The minimum Gasteiger partial charge on any atom is -0.333 e. The number of fused-ring (bicyclic) bond motifs is 1. The van der Waals surface area contributed by atoms with Crippen LogP contribution in [0, 0.1) is 0 Å². The van der Waals surface area contributed by atoms with Crippen LogP contribution in [-0.4, -0.2) is 27.0 Å². The van der Waals surface area contributed by atoms with Gasteiger partial charge in [-0.2, -0.15) is 0 Å². The van der Waals surface area contributed by atoms with Crippen molar-refractivity contribution in [3.63, 3.8) is 0 Å². The first kappa shape index (κ1) is 14.8. The molecular weight excluding hydrogens is 328 g/mol. The highest BCUT2D eigenvalue weighted by atomic mass is 79.9. The molecule has 21 heavy (non-hydrogen) atoms. The van der Waals surface area contributed by atoms with Gasteiger partial charge in [0.1, 0.15) is 5.82 Å². The molecule has 0 saturated heterocycles. The monoisotopic (exact) mass is 348 g/mol. The van der Waals surface area contributed by atoms with Gasteiger partial charge in [0.2, 0.25) is 0 Å². The van der Waals surface area contributed by atoms with Crippen molar-refractivity contribution < 1.29 is 0 Å². The van der Waals surface area contributed by atoms with Gasteiger partial charge in [-0.25, -0.2) is 4.98 Å². The van der Waals surface area contributed by atoms with Gasteiger partial charge in [-0.15, -0.1) is 0 Å². The van der Waals surface area contributed by atoms with Crippen LogP contribution in [0.15, 0.2) is 41.1 Å². The van der Waals surface area contributed by atoms with Crippen LogP contribution in [0.5, 0.6) is 0 Å². The van der Waals surface area contributed by atoms with Crippen LogP contribution in [0.25, 0.3) is 0 Å². The third-order valence-electron chi connectivity index (χ3n) is 4.27. The smallest absolute Gasteiger partial charge is 0.122 e. The van der Waals surface area contributed by atoms with Gasteiger partial charge < -0.3 is 10.3 Å². The Balaban J connectivity index is 1.92. The zero-order valence-electron chi connectivity index (χ0n) is 12.2. The number of nitrogens with two attached hydrogens (primary N) is 1. The molecule has 2 unspecified atom stereocenters. The van der Waals surface area contributed by atoms with E-state index in [0.717, 1.165) is 36.4 Å². The first-order chi connectivity index (χ1) is 10.2. The summed E-state index contributed by atoms with van der Waals surface area (Å²) in [6.45, 7) is 4.99. The quantitative estimate of drug-likeness (QED) is 0.923. The first-order valence-electron chi connectivity index (χ1n) is 7.44. The number of hydrogen-bond donors (Lipinski definition) is 1. The zero-order valence-corrected chi connectivity index (χ0v) is 13.8. The number of aromatic nitrogens is 2. The largest absolute Gasteiger partial charge is 0.333 e. The molecule has 2 heterocycles. The number of halogens is 1. The highest BCUT2D eigenvalue weighted by molar-refractivity contribution is 9.10. The summed E-state index contributed by atoms with van der Waals surface area (Å²) in [6, 6.07) is 8.73. The van der Waals surface area contributed by atoms with E-state index in [4.69, 9.17) is 5.73 Å². The van der Waals surface area contributed by atoms with Crippen molar-refractivity contribution in [1.82, 2.24) is 14.5 Å². The van der Waals surface area contributed by atoms with Crippen molar-refractivity contribution in [2.75, 3.05) is 6.54 Å². The van der Waals surface area contributed by atoms with Gasteiger partial charge in [-0.1, -0.05) is 41.1 Å². The third kappa shape index (κ3) is 2.91. The summed E-state index contributed by atoms with van der Waals surface area (Å²) >= 11 is 3.68. The predicted molar refractivity (Wildman–Crippen MR) is 87.8 cm³/mol. The second-order valence-electron chi connectivity index (χ2n) is 5.55. The molecule has 0 bridgehead atoms. The molecule has 0 amide bonds. The Morgan fingerprint density at radius 2 is 2.14 bits per heavy atom. The molecule has 3 rings (SSSR count). The van der Waals surface area contributed by atoms with E-state index in [1.165, 1.54) is 5.56 Å². The van der Waals surface area contributed by atoms with Crippen molar-refractivity contribution in [2.45, 2.75) is 38.5 Å². The molecule has 2 aromatic rings. The summed E-state index contributed by atoms with van der Waals surface area (Å²) in [5, 5.41) is 0. The zero-order chi connectivity index (χ0) is 14.8. The highest BCUT2D eigenvalue weighted by Crippen LogP contribution is 2.32. The maximum Gasteiger partial charge on any atom is 0.122 e. The van der Waals surface area contributed by atoms with Gasteiger partial charge in [0.15, 0.2) is 0 Å². The van der Waals surface area contributed by atoms with E-state index in [1.54, 1.807) is 0 Å². The SMILES string of the molecule is CCC(N)C(c1ccccc1Br)N1CCn2ccnc2C1. The normalized spacial score (nSPS) is 18.2. The summed E-state index contributed by atoms with van der Waals surface area (Å²) in [7, 11) is 0. The van der Waals surface area contributed by atoms with Crippen molar-refractivity contribution in [2.24, 2.45) is 5.73 Å². The molecule has 0 spiro atoms. The summed E-state index contributed by atoms with van der Waals surface area (Å²) in [6.07, 6.45) is 4.89. The number of hydrogen-bond acceptors (Lipinski definition) is 3. The lowest BCUT2D eigenvalue weighted by Crippen LogP contribution is -2.44. The molecule has 4 nitrogen and oxygen atoms in total. The first-order valence-corrected chi connectivity index (χ1v) is 8.24. The Labute approximate surface area is 134 Å². The fourth-order valence-electron chi connectivity index (χ4n) is 3.07. The van der Waals surface area contributed by atoms with E-state index in [1.807, 2.05) is 12.3 Å². The van der Waals surface area contributed by atoms with Crippen LogP contribution < -0.4 is 5.73 Å². The van der Waals surface area contributed by atoms with Crippen molar-refractivity contribution in [3.05, 3.63) is 52.5 Å². The van der Waals surface area contributed by atoms with Gasteiger partial charge in [-0.05, 0) is 18.1 Å². The van der Waals surface area contributed by atoms with Crippen molar-refractivity contribution in [1.29, 1.82) is 0 Å². The number of nitrogens with zero attached hydrogens (tertiary/aromatic N) is 3. The molecule has 1 aromatic heterocycles. The molecule has 1 aromatic carbocycles. The Morgan fingerprint density at radius 3 is 2.90 bits per heavy atom. The van der Waals surface area contributed by atoms with E-state index < -0.39 is 0 Å². The van der Waals surface area contributed by atoms with Gasteiger partial charge in [0, 0.05) is 36.0 Å². The highest BCUT2D eigenvalue weighted by Gasteiger charge is 2.30. The summed E-state index contributed by atoms with van der Waals surface area (Å²) < 4.78 is 3.36. The van der Waals surface area contributed by atoms with Crippen LogP contribution in [-0.2, 0) is 13.1 Å². The molecule has 2 atom stereocenters. The number of imidazole rings is 1. The van der Waals surface area contributed by atoms with Crippen LogP contribution in [0.4, 0.5) is 0 Å². The summed E-state index contributed by atoms with van der Waals surface area (Å²) in [5.41, 5.74) is 7.72. The lowest BCUT2D eigenvalue weighted by Gasteiger charge is -2.38. The molecule has 5 heteroatoms. The van der Waals surface area contributed by atoms with Crippen LogP contribution in [0.3, 0.4) is 0 Å². The number of benzene rings is 1. The third-order valence-corrected chi connectivity index (χ3v) is 4.99. The maximum atomic E-state index is 6.45. The van der Waals surface area contributed by atoms with Crippen molar-refractivity contribution >= 4 is 15.9 Å². The van der Waals surface area contributed by atoms with Gasteiger partial charge >= 0.3 is 0 Å². The lowest BCUT2D eigenvalue weighted by atomic mass is 9.96.